The number of aromatic nitrogens is 2. The largest absolute Gasteiger partial charge is 0.318 e. The minimum atomic E-state index is -0.840. The molecule has 0 aliphatic rings. The van der Waals surface area contributed by atoms with Gasteiger partial charge in [0.25, 0.3) is 5.91 Å². The van der Waals surface area contributed by atoms with Crippen LogP contribution in [0.2, 0.25) is 5.02 Å². The second kappa shape index (κ2) is 5.96. The number of carbonyl (C=O) groups is 1. The molecule has 118 valence electrons. The lowest BCUT2D eigenvalue weighted by Gasteiger charge is -2.07. The normalized spacial score (nSPS) is 11.0. The summed E-state index contributed by atoms with van der Waals surface area (Å²) in [6.45, 7) is 1.86. The molecule has 2 aromatic heterocycles. The molecule has 23 heavy (non-hydrogen) atoms. The summed E-state index contributed by atoms with van der Waals surface area (Å²) < 4.78 is 28.2. The highest BCUT2D eigenvalue weighted by Crippen LogP contribution is 2.20. The summed E-state index contributed by atoms with van der Waals surface area (Å²) in [5.41, 5.74) is 1.29. The molecule has 0 radical (unpaired) electrons. The van der Waals surface area contributed by atoms with E-state index in [1.165, 1.54) is 6.07 Å². The molecular formula is C16H12ClF2N3O. The van der Waals surface area contributed by atoms with Crippen molar-refractivity contribution < 1.29 is 13.6 Å². The van der Waals surface area contributed by atoms with Gasteiger partial charge in [0.15, 0.2) is 0 Å². The first-order chi connectivity index (χ1) is 11.0. The molecular weight excluding hydrogens is 324 g/mol. The minimum absolute atomic E-state index is 0.0950. The molecule has 1 N–H and O–H groups in total. The predicted octanol–water partition coefficient (Wildman–Crippen LogP) is 4.08. The molecule has 0 bridgehead atoms. The fraction of sp³-hybridized carbons (Fsp3) is 0.125. The summed E-state index contributed by atoms with van der Waals surface area (Å²) in [6.07, 6.45) is 2.15. The van der Waals surface area contributed by atoms with E-state index >= 15 is 0 Å². The van der Waals surface area contributed by atoms with Crippen LogP contribution in [0.25, 0.3) is 5.65 Å². The van der Waals surface area contributed by atoms with Gasteiger partial charge in [-0.1, -0.05) is 18.5 Å². The van der Waals surface area contributed by atoms with E-state index in [2.05, 4.69) is 10.3 Å². The number of pyridine rings is 1. The fourth-order valence-electron chi connectivity index (χ4n) is 2.33. The third kappa shape index (κ3) is 2.90. The number of imidazole rings is 1. The first-order valence-corrected chi connectivity index (χ1v) is 7.30. The Hall–Kier alpha value is -2.47. The Balaban J connectivity index is 2.03. The maximum atomic E-state index is 13.7. The van der Waals surface area contributed by atoms with E-state index in [0.717, 1.165) is 6.07 Å². The van der Waals surface area contributed by atoms with Crippen LogP contribution in [0.4, 0.5) is 14.5 Å². The van der Waals surface area contributed by atoms with Crippen molar-refractivity contribution in [2.75, 3.05) is 5.32 Å². The molecule has 4 nitrogen and oxygen atoms in total. The number of halogens is 3. The number of amides is 1. The highest BCUT2D eigenvalue weighted by Gasteiger charge is 2.19. The quantitative estimate of drug-likeness (QED) is 0.784. The van der Waals surface area contributed by atoms with Gasteiger partial charge in [0.1, 0.15) is 23.0 Å². The van der Waals surface area contributed by atoms with Crippen molar-refractivity contribution in [1.82, 2.24) is 9.38 Å². The minimum Gasteiger partial charge on any atom is -0.318 e. The number of nitrogens with one attached hydrogen (secondary N) is 1. The van der Waals surface area contributed by atoms with Crippen molar-refractivity contribution in [1.29, 1.82) is 0 Å². The molecule has 1 aromatic carbocycles. The lowest BCUT2D eigenvalue weighted by atomic mass is 10.2. The maximum absolute atomic E-state index is 13.7. The van der Waals surface area contributed by atoms with Crippen LogP contribution in [0.1, 0.15) is 23.1 Å². The lowest BCUT2D eigenvalue weighted by Crippen LogP contribution is -2.17. The summed E-state index contributed by atoms with van der Waals surface area (Å²) in [6, 6.07) is 6.23. The molecule has 0 unspecified atom stereocenters. The number of benzene rings is 1. The zero-order valence-corrected chi connectivity index (χ0v) is 12.9. The van der Waals surface area contributed by atoms with Crippen molar-refractivity contribution in [3.63, 3.8) is 0 Å². The van der Waals surface area contributed by atoms with Gasteiger partial charge < -0.3 is 5.32 Å². The molecule has 3 aromatic rings. The van der Waals surface area contributed by atoms with Gasteiger partial charge in [-0.05, 0) is 24.6 Å². The van der Waals surface area contributed by atoms with Gasteiger partial charge in [-0.25, -0.2) is 13.8 Å². The number of carbonyl (C=O) groups excluding carboxylic acids is 1. The lowest BCUT2D eigenvalue weighted by molar-refractivity contribution is 0.102. The molecule has 0 atom stereocenters. The van der Waals surface area contributed by atoms with E-state index < -0.39 is 17.5 Å². The highest BCUT2D eigenvalue weighted by atomic mass is 35.5. The van der Waals surface area contributed by atoms with Gasteiger partial charge in [0, 0.05) is 23.4 Å². The molecule has 2 heterocycles. The number of hydrogen-bond acceptors (Lipinski definition) is 2. The van der Waals surface area contributed by atoms with Crippen LogP contribution in [0.5, 0.6) is 0 Å². The first kappa shape index (κ1) is 15.4. The van der Waals surface area contributed by atoms with Gasteiger partial charge in [0.2, 0.25) is 0 Å². The van der Waals surface area contributed by atoms with Crippen molar-refractivity contribution in [2.24, 2.45) is 0 Å². The van der Waals surface area contributed by atoms with E-state index in [-0.39, 0.29) is 5.69 Å². The molecule has 0 aliphatic carbocycles. The summed E-state index contributed by atoms with van der Waals surface area (Å²) in [7, 11) is 0. The molecule has 1 amide bonds. The first-order valence-electron chi connectivity index (χ1n) is 6.92. The Morgan fingerprint density at radius 1 is 1.30 bits per heavy atom. The van der Waals surface area contributed by atoms with Crippen molar-refractivity contribution >= 4 is 28.8 Å². The highest BCUT2D eigenvalue weighted by molar-refractivity contribution is 6.30. The van der Waals surface area contributed by atoms with Crippen LogP contribution in [0.3, 0.4) is 0 Å². The number of fused-ring (bicyclic) bond motifs is 1. The zero-order chi connectivity index (χ0) is 16.6. The van der Waals surface area contributed by atoms with Crippen LogP contribution in [-0.4, -0.2) is 15.3 Å². The second-order valence-corrected chi connectivity index (χ2v) is 5.35. The Morgan fingerprint density at radius 2 is 2.09 bits per heavy atom. The van der Waals surface area contributed by atoms with E-state index in [1.54, 1.807) is 22.7 Å². The van der Waals surface area contributed by atoms with Gasteiger partial charge in [-0.2, -0.15) is 0 Å². The predicted molar refractivity (Wildman–Crippen MR) is 83.9 cm³/mol. The number of nitrogens with zero attached hydrogens (tertiary/aromatic N) is 2. The Labute approximate surface area is 135 Å². The van der Waals surface area contributed by atoms with Crippen LogP contribution >= 0.6 is 11.6 Å². The summed E-state index contributed by atoms with van der Waals surface area (Å²) >= 11 is 5.93. The monoisotopic (exact) mass is 335 g/mol. The second-order valence-electron chi connectivity index (χ2n) is 4.91. The van der Waals surface area contributed by atoms with E-state index in [0.29, 0.717) is 34.5 Å². The molecule has 0 saturated carbocycles. The van der Waals surface area contributed by atoms with Crippen LogP contribution in [-0.2, 0) is 6.42 Å². The van der Waals surface area contributed by atoms with Crippen molar-refractivity contribution in [2.45, 2.75) is 13.3 Å². The molecule has 0 fully saturated rings. The third-order valence-corrected chi connectivity index (χ3v) is 3.62. The van der Waals surface area contributed by atoms with Gasteiger partial charge >= 0.3 is 0 Å². The van der Waals surface area contributed by atoms with Crippen molar-refractivity contribution in [3.8, 4) is 0 Å². The van der Waals surface area contributed by atoms with Gasteiger partial charge in [-0.3, -0.25) is 9.20 Å². The van der Waals surface area contributed by atoms with Crippen LogP contribution < -0.4 is 5.32 Å². The van der Waals surface area contributed by atoms with Crippen LogP contribution in [0.15, 0.2) is 36.5 Å². The van der Waals surface area contributed by atoms with Gasteiger partial charge in [-0.15, -0.1) is 0 Å². The number of anilines is 1. The fourth-order valence-corrected chi connectivity index (χ4v) is 2.48. The average molecular weight is 336 g/mol. The van der Waals surface area contributed by atoms with Gasteiger partial charge in [0.05, 0.1) is 11.4 Å². The standard InChI is InChI=1S/C16H12ClF2N3O/c1-2-12-15(22-6-5-9(17)7-14(22)20-12)16(23)21-13-4-3-10(18)8-11(13)19/h3-8H,2H2,1H3,(H,21,23). The topological polar surface area (TPSA) is 46.4 Å². The van der Waals surface area contributed by atoms with E-state index in [4.69, 9.17) is 11.6 Å². The van der Waals surface area contributed by atoms with E-state index in [1.807, 2.05) is 6.92 Å². The summed E-state index contributed by atoms with van der Waals surface area (Å²) in [5, 5.41) is 2.95. The molecule has 3 rings (SSSR count). The zero-order valence-electron chi connectivity index (χ0n) is 12.1. The summed E-state index contributed by atoms with van der Waals surface area (Å²) in [5.74, 6) is -2.07. The summed E-state index contributed by atoms with van der Waals surface area (Å²) in [4.78, 5) is 16.9. The third-order valence-electron chi connectivity index (χ3n) is 3.39. The smallest absolute Gasteiger partial charge is 0.274 e. The molecule has 0 spiro atoms. The van der Waals surface area contributed by atoms with Crippen LogP contribution in [0, 0.1) is 11.6 Å². The Kier molecular flexibility index (Phi) is 4.00. The van der Waals surface area contributed by atoms with Crippen molar-refractivity contribution in [3.05, 3.63) is 64.6 Å². The molecule has 0 aliphatic heterocycles. The number of rotatable bonds is 3. The number of hydrogen-bond donors (Lipinski definition) is 1. The number of aryl methyl sites for hydroxylation is 1. The SMILES string of the molecule is CCc1nc2cc(Cl)ccn2c1C(=O)Nc1ccc(F)cc1F. The molecule has 0 saturated heterocycles. The van der Waals surface area contributed by atoms with E-state index in [9.17, 15) is 13.6 Å². The molecule has 7 heteroatoms. The Bertz CT molecular complexity index is 908. The Morgan fingerprint density at radius 3 is 2.78 bits per heavy atom. The average Bonchev–Trinajstić information content (AvgIpc) is 2.87. The maximum Gasteiger partial charge on any atom is 0.274 e.